The number of aliphatic hydroxyl groups is 1. The van der Waals surface area contributed by atoms with Gasteiger partial charge in [0.05, 0.1) is 11.5 Å². The molecule has 0 spiro atoms. The number of aliphatic hydroxyl groups excluding tert-OH is 1. The SMILES string of the molecule is Cc1cc(S(=O)(=O)NC2CCCCC2)ccc1OCC(=O)NCCO. The van der Waals surface area contributed by atoms with Crippen LogP contribution in [0.5, 0.6) is 5.75 Å². The minimum absolute atomic E-state index is 0.00482. The number of amides is 1. The van der Waals surface area contributed by atoms with E-state index in [-0.39, 0.29) is 36.6 Å². The Morgan fingerprint density at radius 2 is 2.00 bits per heavy atom. The summed E-state index contributed by atoms with van der Waals surface area (Å²) in [5, 5.41) is 11.1. The molecule has 0 aromatic heterocycles. The van der Waals surface area contributed by atoms with E-state index in [4.69, 9.17) is 9.84 Å². The topological polar surface area (TPSA) is 105 Å². The van der Waals surface area contributed by atoms with E-state index in [9.17, 15) is 13.2 Å². The van der Waals surface area contributed by atoms with E-state index in [0.29, 0.717) is 11.3 Å². The molecule has 1 saturated carbocycles. The van der Waals surface area contributed by atoms with Crippen LogP contribution in [0.1, 0.15) is 37.7 Å². The van der Waals surface area contributed by atoms with Gasteiger partial charge < -0.3 is 15.2 Å². The molecule has 140 valence electrons. The van der Waals surface area contributed by atoms with Crippen molar-refractivity contribution in [2.75, 3.05) is 19.8 Å². The van der Waals surface area contributed by atoms with Crippen molar-refractivity contribution in [2.45, 2.75) is 50.0 Å². The molecular weight excluding hydrogens is 344 g/mol. The van der Waals surface area contributed by atoms with Crippen LogP contribution in [0.2, 0.25) is 0 Å². The molecule has 1 aliphatic carbocycles. The van der Waals surface area contributed by atoms with E-state index in [1.54, 1.807) is 19.1 Å². The van der Waals surface area contributed by atoms with Crippen LogP contribution in [0.25, 0.3) is 0 Å². The molecule has 0 unspecified atom stereocenters. The molecule has 1 aromatic carbocycles. The lowest BCUT2D eigenvalue weighted by atomic mass is 9.96. The summed E-state index contributed by atoms with van der Waals surface area (Å²) in [4.78, 5) is 11.7. The quantitative estimate of drug-likeness (QED) is 0.635. The zero-order valence-corrected chi connectivity index (χ0v) is 15.3. The molecule has 0 saturated heterocycles. The summed E-state index contributed by atoms with van der Waals surface area (Å²) in [7, 11) is -3.56. The number of hydrogen-bond donors (Lipinski definition) is 3. The van der Waals surface area contributed by atoms with Crippen LogP contribution in [-0.2, 0) is 14.8 Å². The molecular formula is C17H26N2O5S. The van der Waals surface area contributed by atoms with E-state index in [0.717, 1.165) is 32.1 Å². The standard InChI is InChI=1S/C17H26N2O5S/c1-13-11-15(25(22,23)19-14-5-3-2-4-6-14)7-8-16(13)24-12-17(21)18-9-10-20/h7-8,11,14,19-20H,2-6,9-10,12H2,1H3,(H,18,21). The van der Waals surface area contributed by atoms with Crippen LogP contribution in [-0.4, -0.2) is 45.2 Å². The Bertz CT molecular complexity index is 684. The second-order valence-corrected chi connectivity index (χ2v) is 7.96. The summed E-state index contributed by atoms with van der Waals surface area (Å²) in [6.45, 7) is 1.59. The Kier molecular flexibility index (Phi) is 7.22. The van der Waals surface area contributed by atoms with Gasteiger partial charge in [-0.05, 0) is 43.5 Å². The lowest BCUT2D eigenvalue weighted by molar-refractivity contribution is -0.123. The van der Waals surface area contributed by atoms with Crippen molar-refractivity contribution in [3.8, 4) is 5.75 Å². The molecule has 1 aromatic rings. The number of hydrogen-bond acceptors (Lipinski definition) is 5. The van der Waals surface area contributed by atoms with Crippen molar-refractivity contribution in [1.82, 2.24) is 10.0 Å². The number of carbonyl (C=O) groups excluding carboxylic acids is 1. The lowest BCUT2D eigenvalue weighted by Gasteiger charge is -2.22. The summed E-state index contributed by atoms with van der Waals surface area (Å²) in [6, 6.07) is 4.60. The number of benzene rings is 1. The molecule has 0 aliphatic heterocycles. The number of aryl methyl sites for hydroxylation is 1. The molecule has 25 heavy (non-hydrogen) atoms. The second-order valence-electron chi connectivity index (χ2n) is 6.25. The van der Waals surface area contributed by atoms with Crippen molar-refractivity contribution < 1.29 is 23.1 Å². The fourth-order valence-corrected chi connectivity index (χ4v) is 4.24. The van der Waals surface area contributed by atoms with E-state index < -0.39 is 10.0 Å². The average Bonchev–Trinajstić information content (AvgIpc) is 2.59. The fourth-order valence-electron chi connectivity index (χ4n) is 2.85. The predicted octanol–water partition coefficient (Wildman–Crippen LogP) is 1.09. The smallest absolute Gasteiger partial charge is 0.258 e. The molecule has 0 atom stereocenters. The summed E-state index contributed by atoms with van der Waals surface area (Å²) in [6.07, 6.45) is 5.02. The van der Waals surface area contributed by atoms with Gasteiger partial charge in [-0.25, -0.2) is 13.1 Å². The van der Waals surface area contributed by atoms with Crippen molar-refractivity contribution in [3.63, 3.8) is 0 Å². The molecule has 1 aliphatic rings. The summed E-state index contributed by atoms with van der Waals surface area (Å²) >= 11 is 0. The minimum atomic E-state index is -3.56. The number of nitrogens with one attached hydrogen (secondary N) is 2. The van der Waals surface area contributed by atoms with E-state index in [1.807, 2.05) is 0 Å². The maximum atomic E-state index is 12.5. The Hall–Kier alpha value is -1.64. The van der Waals surface area contributed by atoms with Gasteiger partial charge in [0.1, 0.15) is 5.75 Å². The third-order valence-corrected chi connectivity index (χ3v) is 5.69. The molecule has 2 rings (SSSR count). The highest BCUT2D eigenvalue weighted by Crippen LogP contribution is 2.24. The molecule has 3 N–H and O–H groups in total. The largest absolute Gasteiger partial charge is 0.484 e. The number of carbonyl (C=O) groups is 1. The van der Waals surface area contributed by atoms with Crippen molar-refractivity contribution >= 4 is 15.9 Å². The fraction of sp³-hybridized carbons (Fsp3) is 0.588. The monoisotopic (exact) mass is 370 g/mol. The van der Waals surface area contributed by atoms with E-state index >= 15 is 0 Å². The summed E-state index contributed by atoms with van der Waals surface area (Å²) in [5.74, 6) is 0.111. The minimum Gasteiger partial charge on any atom is -0.484 e. The third-order valence-electron chi connectivity index (χ3n) is 4.18. The highest BCUT2D eigenvalue weighted by Gasteiger charge is 2.22. The first kappa shape index (κ1) is 19.7. The van der Waals surface area contributed by atoms with Crippen LogP contribution < -0.4 is 14.8 Å². The first-order valence-corrected chi connectivity index (χ1v) is 10.0. The van der Waals surface area contributed by atoms with Crippen molar-refractivity contribution in [3.05, 3.63) is 23.8 Å². The first-order valence-electron chi connectivity index (χ1n) is 8.56. The lowest BCUT2D eigenvalue weighted by Crippen LogP contribution is -2.36. The van der Waals surface area contributed by atoms with E-state index in [2.05, 4.69) is 10.0 Å². The number of rotatable bonds is 8. The Balaban J connectivity index is 1.98. The molecule has 1 fully saturated rings. The average molecular weight is 370 g/mol. The van der Waals surface area contributed by atoms with Crippen LogP contribution in [0.3, 0.4) is 0 Å². The van der Waals surface area contributed by atoms with E-state index in [1.165, 1.54) is 6.07 Å². The Labute approximate surface area is 148 Å². The molecule has 7 nitrogen and oxygen atoms in total. The molecule has 0 radical (unpaired) electrons. The summed E-state index contributed by atoms with van der Waals surface area (Å²) in [5.41, 5.74) is 0.640. The normalized spacial score (nSPS) is 15.8. The van der Waals surface area contributed by atoms with Gasteiger partial charge in [0, 0.05) is 12.6 Å². The highest BCUT2D eigenvalue weighted by atomic mass is 32.2. The van der Waals surface area contributed by atoms with Gasteiger partial charge in [-0.2, -0.15) is 0 Å². The Morgan fingerprint density at radius 1 is 1.28 bits per heavy atom. The number of sulfonamides is 1. The highest BCUT2D eigenvalue weighted by molar-refractivity contribution is 7.89. The molecule has 1 amide bonds. The first-order chi connectivity index (χ1) is 11.9. The number of ether oxygens (including phenoxy) is 1. The van der Waals surface area contributed by atoms with Crippen molar-refractivity contribution in [1.29, 1.82) is 0 Å². The van der Waals surface area contributed by atoms with Gasteiger partial charge >= 0.3 is 0 Å². The van der Waals surface area contributed by atoms with Crippen LogP contribution >= 0.6 is 0 Å². The van der Waals surface area contributed by atoms with Crippen molar-refractivity contribution in [2.24, 2.45) is 0 Å². The van der Waals surface area contributed by atoms with Crippen LogP contribution in [0.4, 0.5) is 0 Å². The maximum Gasteiger partial charge on any atom is 0.258 e. The Morgan fingerprint density at radius 3 is 2.64 bits per heavy atom. The van der Waals surface area contributed by atoms with Gasteiger partial charge in [0.15, 0.2) is 6.61 Å². The zero-order chi connectivity index (χ0) is 18.3. The molecule has 8 heteroatoms. The van der Waals surface area contributed by atoms with Crippen LogP contribution in [0.15, 0.2) is 23.1 Å². The third kappa shape index (κ3) is 5.98. The zero-order valence-electron chi connectivity index (χ0n) is 14.5. The van der Waals surface area contributed by atoms with Gasteiger partial charge in [-0.15, -0.1) is 0 Å². The van der Waals surface area contributed by atoms with Gasteiger partial charge in [-0.3, -0.25) is 4.79 Å². The maximum absolute atomic E-state index is 12.5. The van der Waals surface area contributed by atoms with Gasteiger partial charge in [-0.1, -0.05) is 19.3 Å². The molecule has 0 bridgehead atoms. The predicted molar refractivity (Wildman–Crippen MR) is 94.0 cm³/mol. The van der Waals surface area contributed by atoms with Crippen LogP contribution in [0, 0.1) is 6.92 Å². The summed E-state index contributed by atoms with van der Waals surface area (Å²) < 4.78 is 33.2. The second kappa shape index (κ2) is 9.17. The van der Waals surface area contributed by atoms with Gasteiger partial charge in [0.25, 0.3) is 5.91 Å². The van der Waals surface area contributed by atoms with Gasteiger partial charge in [0.2, 0.25) is 10.0 Å². The molecule has 0 heterocycles.